The summed E-state index contributed by atoms with van der Waals surface area (Å²) in [6.07, 6.45) is 6.15. The number of hydrogen-bond donors (Lipinski definition) is 2. The molecule has 1 amide bonds. The van der Waals surface area contributed by atoms with Crippen molar-refractivity contribution in [3.05, 3.63) is 21.3 Å². The van der Waals surface area contributed by atoms with Gasteiger partial charge in [0.15, 0.2) is 0 Å². The molecule has 0 radical (unpaired) electrons. The Morgan fingerprint density at radius 1 is 1.35 bits per heavy atom. The minimum Gasteiger partial charge on any atom is -0.348 e. The Morgan fingerprint density at radius 2 is 2.10 bits per heavy atom. The molecule has 110 valence electrons. The van der Waals surface area contributed by atoms with E-state index in [1.54, 1.807) is 6.07 Å². The van der Waals surface area contributed by atoms with E-state index < -0.39 is 0 Å². The normalized spacial score (nSPS) is 21.6. The fourth-order valence-corrected chi connectivity index (χ4v) is 3.97. The van der Waals surface area contributed by atoms with E-state index in [4.69, 9.17) is 11.6 Å². The van der Waals surface area contributed by atoms with Gasteiger partial charge in [0.2, 0.25) is 0 Å². The van der Waals surface area contributed by atoms with Crippen LogP contribution in [-0.2, 0) is 0 Å². The number of nitrogens with one attached hydrogen (secondary N) is 2. The molecule has 20 heavy (non-hydrogen) atoms. The maximum atomic E-state index is 12.3. The second kappa shape index (κ2) is 6.46. The SMILES string of the molecule is O=C(NC(CC1CCNCC1)C1CC1)c1ccc(Cl)s1. The summed E-state index contributed by atoms with van der Waals surface area (Å²) in [5.74, 6) is 1.51. The molecule has 1 saturated heterocycles. The van der Waals surface area contributed by atoms with Gasteiger partial charge in [-0.25, -0.2) is 0 Å². The highest BCUT2D eigenvalue weighted by Crippen LogP contribution is 2.36. The summed E-state index contributed by atoms with van der Waals surface area (Å²) in [4.78, 5) is 13.0. The van der Waals surface area contributed by atoms with Gasteiger partial charge in [-0.2, -0.15) is 0 Å². The smallest absolute Gasteiger partial charge is 0.261 e. The van der Waals surface area contributed by atoms with E-state index in [0.29, 0.717) is 16.3 Å². The molecule has 1 atom stereocenters. The summed E-state index contributed by atoms with van der Waals surface area (Å²) in [7, 11) is 0. The second-order valence-electron chi connectivity index (χ2n) is 5.95. The summed E-state index contributed by atoms with van der Waals surface area (Å²) < 4.78 is 0.677. The number of hydrogen-bond acceptors (Lipinski definition) is 3. The monoisotopic (exact) mass is 312 g/mol. The van der Waals surface area contributed by atoms with Crippen molar-refractivity contribution in [3.63, 3.8) is 0 Å². The van der Waals surface area contributed by atoms with Crippen LogP contribution in [-0.4, -0.2) is 25.0 Å². The van der Waals surface area contributed by atoms with E-state index in [-0.39, 0.29) is 5.91 Å². The lowest BCUT2D eigenvalue weighted by atomic mass is 9.89. The molecule has 0 spiro atoms. The first-order valence-electron chi connectivity index (χ1n) is 7.49. The van der Waals surface area contributed by atoms with Crippen LogP contribution < -0.4 is 10.6 Å². The Morgan fingerprint density at radius 3 is 2.70 bits per heavy atom. The Labute approximate surface area is 129 Å². The molecule has 2 aliphatic rings. The molecule has 3 nitrogen and oxygen atoms in total. The topological polar surface area (TPSA) is 41.1 Å². The lowest BCUT2D eigenvalue weighted by Gasteiger charge is -2.27. The molecule has 1 aromatic heterocycles. The minimum absolute atomic E-state index is 0.0488. The lowest BCUT2D eigenvalue weighted by molar-refractivity contribution is 0.0927. The third-order valence-electron chi connectivity index (χ3n) is 4.35. The minimum atomic E-state index is 0.0488. The van der Waals surface area contributed by atoms with Gasteiger partial charge in [-0.1, -0.05) is 11.6 Å². The molecule has 5 heteroatoms. The summed E-state index contributed by atoms with van der Waals surface area (Å²) in [6, 6.07) is 3.96. The van der Waals surface area contributed by atoms with E-state index in [1.807, 2.05) is 6.07 Å². The molecule has 2 heterocycles. The second-order valence-corrected chi connectivity index (χ2v) is 7.67. The number of carbonyl (C=O) groups excluding carboxylic acids is 1. The zero-order valence-corrected chi connectivity index (χ0v) is 13.1. The predicted octanol–water partition coefficient (Wildman–Crippen LogP) is 3.30. The summed E-state index contributed by atoms with van der Waals surface area (Å²) in [5.41, 5.74) is 0. The quantitative estimate of drug-likeness (QED) is 0.876. The fraction of sp³-hybridized carbons (Fsp3) is 0.667. The third-order valence-corrected chi connectivity index (χ3v) is 5.58. The van der Waals surface area contributed by atoms with Gasteiger partial charge in [0, 0.05) is 6.04 Å². The Bertz CT molecular complexity index is 466. The first kappa shape index (κ1) is 14.4. The van der Waals surface area contributed by atoms with Crippen LogP contribution in [0.15, 0.2) is 12.1 Å². The highest BCUT2D eigenvalue weighted by atomic mass is 35.5. The van der Waals surface area contributed by atoms with Crippen molar-refractivity contribution in [1.29, 1.82) is 0 Å². The molecule has 0 bridgehead atoms. The van der Waals surface area contributed by atoms with Crippen molar-refractivity contribution < 1.29 is 4.79 Å². The number of thiophene rings is 1. The molecular weight excluding hydrogens is 292 g/mol. The van der Waals surface area contributed by atoms with Crippen LogP contribution in [0.25, 0.3) is 0 Å². The van der Waals surface area contributed by atoms with Gasteiger partial charge >= 0.3 is 0 Å². The first-order chi connectivity index (χ1) is 9.72. The highest BCUT2D eigenvalue weighted by molar-refractivity contribution is 7.17. The van der Waals surface area contributed by atoms with Gasteiger partial charge in [0.05, 0.1) is 9.21 Å². The highest BCUT2D eigenvalue weighted by Gasteiger charge is 2.34. The van der Waals surface area contributed by atoms with Crippen molar-refractivity contribution in [3.8, 4) is 0 Å². The number of carbonyl (C=O) groups is 1. The van der Waals surface area contributed by atoms with Gasteiger partial charge in [-0.15, -0.1) is 11.3 Å². The lowest BCUT2D eigenvalue weighted by Crippen LogP contribution is -2.39. The van der Waals surface area contributed by atoms with Gasteiger partial charge in [0.1, 0.15) is 0 Å². The van der Waals surface area contributed by atoms with Crippen LogP contribution in [0.2, 0.25) is 4.34 Å². The van der Waals surface area contributed by atoms with Crippen molar-refractivity contribution in [2.24, 2.45) is 11.8 Å². The van der Waals surface area contributed by atoms with Crippen molar-refractivity contribution in [2.75, 3.05) is 13.1 Å². The van der Waals surface area contributed by atoms with Crippen LogP contribution in [0, 0.1) is 11.8 Å². The average molecular weight is 313 g/mol. The molecule has 3 rings (SSSR count). The third kappa shape index (κ3) is 3.74. The van der Waals surface area contributed by atoms with Crippen LogP contribution in [0.4, 0.5) is 0 Å². The van der Waals surface area contributed by atoms with Crippen LogP contribution in [0.3, 0.4) is 0 Å². The number of piperidine rings is 1. The molecule has 1 aliphatic carbocycles. The number of amides is 1. The zero-order chi connectivity index (χ0) is 13.9. The standard InChI is InChI=1S/C15H21ClN2OS/c16-14-4-3-13(20-14)15(19)18-12(11-1-2-11)9-10-5-7-17-8-6-10/h3-4,10-12,17H,1-2,5-9H2,(H,18,19). The van der Waals surface area contributed by atoms with Crippen LogP contribution >= 0.6 is 22.9 Å². The van der Waals surface area contributed by atoms with Gasteiger partial charge in [-0.05, 0) is 69.2 Å². The van der Waals surface area contributed by atoms with Crippen LogP contribution in [0.1, 0.15) is 41.8 Å². The molecule has 0 aromatic carbocycles. The fourth-order valence-electron chi connectivity index (χ4n) is 3.02. The van der Waals surface area contributed by atoms with E-state index in [1.165, 1.54) is 37.0 Å². The van der Waals surface area contributed by atoms with Crippen LogP contribution in [0.5, 0.6) is 0 Å². The molecule has 2 fully saturated rings. The molecule has 1 aliphatic heterocycles. The van der Waals surface area contributed by atoms with E-state index in [0.717, 1.165) is 30.3 Å². The molecule has 1 aromatic rings. The molecule has 1 saturated carbocycles. The largest absolute Gasteiger partial charge is 0.348 e. The van der Waals surface area contributed by atoms with Gasteiger partial charge in [-0.3, -0.25) is 4.79 Å². The molecule has 2 N–H and O–H groups in total. The predicted molar refractivity (Wildman–Crippen MR) is 83.5 cm³/mol. The molecular formula is C15H21ClN2OS. The first-order valence-corrected chi connectivity index (χ1v) is 8.69. The van der Waals surface area contributed by atoms with Crippen molar-refractivity contribution in [2.45, 2.75) is 38.1 Å². The summed E-state index contributed by atoms with van der Waals surface area (Å²) in [5, 5.41) is 6.65. The van der Waals surface area contributed by atoms with Gasteiger partial charge < -0.3 is 10.6 Å². The maximum absolute atomic E-state index is 12.3. The summed E-state index contributed by atoms with van der Waals surface area (Å²) in [6.45, 7) is 2.24. The molecule has 1 unspecified atom stereocenters. The Balaban J connectivity index is 1.58. The van der Waals surface area contributed by atoms with E-state index in [9.17, 15) is 4.79 Å². The maximum Gasteiger partial charge on any atom is 0.261 e. The van der Waals surface area contributed by atoms with E-state index >= 15 is 0 Å². The van der Waals surface area contributed by atoms with Crippen molar-refractivity contribution in [1.82, 2.24) is 10.6 Å². The Hall–Kier alpha value is -0.580. The zero-order valence-electron chi connectivity index (χ0n) is 11.5. The van der Waals surface area contributed by atoms with Gasteiger partial charge in [0.25, 0.3) is 5.91 Å². The number of rotatable bonds is 5. The average Bonchev–Trinajstić information content (AvgIpc) is 3.21. The Kier molecular flexibility index (Phi) is 4.64. The summed E-state index contributed by atoms with van der Waals surface area (Å²) >= 11 is 7.26. The number of halogens is 1. The van der Waals surface area contributed by atoms with Crippen molar-refractivity contribution >= 4 is 28.8 Å². The van der Waals surface area contributed by atoms with E-state index in [2.05, 4.69) is 10.6 Å².